The van der Waals surface area contributed by atoms with Crippen molar-refractivity contribution in [2.24, 2.45) is 0 Å². The molecule has 0 amide bonds. The van der Waals surface area contributed by atoms with Crippen LogP contribution in [0.4, 0.5) is 13.2 Å². The highest BCUT2D eigenvalue weighted by Gasteiger charge is 2.35. The number of nitrogens with zero attached hydrogens (tertiary/aromatic N) is 1. The smallest absolute Gasteiger partial charge is 0.449 e. The Labute approximate surface area is 102 Å². The maximum Gasteiger partial charge on any atom is 0.449 e. The predicted octanol–water partition coefficient (Wildman–Crippen LogP) is 3.41. The standard InChI is InChI=1S/C12H11F3N2O/c1-7-10(17-11(16-7)12(13,14)15)8-4-3-5-9(6-8)18-2/h3-6H,1-2H3,(H,16,17). The van der Waals surface area contributed by atoms with Gasteiger partial charge in [0.1, 0.15) is 5.75 Å². The summed E-state index contributed by atoms with van der Waals surface area (Å²) in [6.45, 7) is 1.55. The van der Waals surface area contributed by atoms with Gasteiger partial charge in [-0.05, 0) is 19.1 Å². The minimum Gasteiger partial charge on any atom is -0.497 e. The molecule has 1 heterocycles. The lowest BCUT2D eigenvalue weighted by molar-refractivity contribution is -0.144. The number of benzene rings is 1. The Hall–Kier alpha value is -1.98. The quantitative estimate of drug-likeness (QED) is 0.894. The summed E-state index contributed by atoms with van der Waals surface area (Å²) in [6, 6.07) is 6.75. The molecule has 3 nitrogen and oxygen atoms in total. The molecule has 0 atom stereocenters. The van der Waals surface area contributed by atoms with E-state index in [0.29, 0.717) is 17.0 Å². The summed E-state index contributed by atoms with van der Waals surface area (Å²) in [5, 5.41) is 0. The molecule has 0 aliphatic rings. The number of hydrogen-bond acceptors (Lipinski definition) is 2. The zero-order valence-electron chi connectivity index (χ0n) is 9.80. The van der Waals surface area contributed by atoms with Crippen molar-refractivity contribution in [3.63, 3.8) is 0 Å². The first kappa shape index (κ1) is 12.5. The normalized spacial score (nSPS) is 11.6. The van der Waals surface area contributed by atoms with Crippen molar-refractivity contribution < 1.29 is 17.9 Å². The van der Waals surface area contributed by atoms with Gasteiger partial charge in [0.05, 0.1) is 12.8 Å². The molecule has 0 fully saturated rings. The molecule has 0 bridgehead atoms. The molecule has 0 aliphatic heterocycles. The van der Waals surface area contributed by atoms with Gasteiger partial charge in [-0.3, -0.25) is 0 Å². The Morgan fingerprint density at radius 1 is 1.28 bits per heavy atom. The van der Waals surface area contributed by atoms with Crippen LogP contribution in [0.3, 0.4) is 0 Å². The fourth-order valence-corrected chi connectivity index (χ4v) is 1.65. The van der Waals surface area contributed by atoms with Crippen LogP contribution < -0.4 is 4.74 Å². The van der Waals surface area contributed by atoms with Gasteiger partial charge in [0, 0.05) is 11.3 Å². The lowest BCUT2D eigenvalue weighted by atomic mass is 10.1. The summed E-state index contributed by atoms with van der Waals surface area (Å²) in [6.07, 6.45) is -4.47. The van der Waals surface area contributed by atoms with Crippen molar-refractivity contribution >= 4 is 0 Å². The number of halogens is 3. The first-order valence-corrected chi connectivity index (χ1v) is 5.20. The molecule has 1 aromatic carbocycles. The number of nitrogens with one attached hydrogen (secondary N) is 1. The van der Waals surface area contributed by atoms with Crippen molar-refractivity contribution in [1.82, 2.24) is 9.97 Å². The highest BCUT2D eigenvalue weighted by molar-refractivity contribution is 5.63. The molecule has 96 valence electrons. The zero-order chi connectivity index (χ0) is 13.3. The minimum absolute atomic E-state index is 0.279. The Morgan fingerprint density at radius 2 is 2.00 bits per heavy atom. The van der Waals surface area contributed by atoms with Gasteiger partial charge in [-0.25, -0.2) is 4.98 Å². The molecule has 0 unspecified atom stereocenters. The lowest BCUT2D eigenvalue weighted by Gasteiger charge is -2.02. The van der Waals surface area contributed by atoms with E-state index < -0.39 is 12.0 Å². The number of aromatic amines is 1. The van der Waals surface area contributed by atoms with Crippen LogP contribution in [0, 0.1) is 6.92 Å². The van der Waals surface area contributed by atoms with E-state index in [9.17, 15) is 13.2 Å². The van der Waals surface area contributed by atoms with Crippen molar-refractivity contribution in [2.45, 2.75) is 13.1 Å². The Balaban J connectivity index is 2.47. The molecule has 0 saturated heterocycles. The van der Waals surface area contributed by atoms with Crippen LogP contribution in [0.2, 0.25) is 0 Å². The second kappa shape index (κ2) is 4.36. The Kier molecular flexibility index (Phi) is 3.02. The van der Waals surface area contributed by atoms with E-state index in [1.165, 1.54) is 7.11 Å². The summed E-state index contributed by atoms with van der Waals surface area (Å²) in [7, 11) is 1.50. The number of H-pyrrole nitrogens is 1. The third-order valence-corrected chi connectivity index (χ3v) is 2.50. The van der Waals surface area contributed by atoms with Crippen molar-refractivity contribution in [1.29, 1.82) is 0 Å². The fraction of sp³-hybridized carbons (Fsp3) is 0.250. The average molecular weight is 256 g/mol. The van der Waals surface area contributed by atoms with Crippen LogP contribution in [0.25, 0.3) is 11.3 Å². The van der Waals surface area contributed by atoms with Crippen molar-refractivity contribution in [3.8, 4) is 17.0 Å². The highest BCUT2D eigenvalue weighted by atomic mass is 19.4. The van der Waals surface area contributed by atoms with Crippen LogP contribution in [0.5, 0.6) is 5.75 Å². The molecular formula is C12H11F3N2O. The summed E-state index contributed by atoms with van der Waals surface area (Å²) in [5.74, 6) is -0.415. The third kappa shape index (κ3) is 2.32. The van der Waals surface area contributed by atoms with E-state index in [1.54, 1.807) is 31.2 Å². The van der Waals surface area contributed by atoms with Crippen LogP contribution in [0.1, 0.15) is 11.5 Å². The maximum absolute atomic E-state index is 12.5. The van der Waals surface area contributed by atoms with E-state index in [4.69, 9.17) is 4.74 Å². The second-order valence-corrected chi connectivity index (χ2v) is 3.79. The molecule has 1 N–H and O–H groups in total. The molecule has 0 aliphatic carbocycles. The molecule has 2 aromatic rings. The van der Waals surface area contributed by atoms with E-state index in [0.717, 1.165) is 0 Å². The molecule has 18 heavy (non-hydrogen) atoms. The topological polar surface area (TPSA) is 37.9 Å². The summed E-state index contributed by atoms with van der Waals surface area (Å²) >= 11 is 0. The van der Waals surface area contributed by atoms with Crippen LogP contribution in [0.15, 0.2) is 24.3 Å². The number of rotatable bonds is 2. The van der Waals surface area contributed by atoms with E-state index in [-0.39, 0.29) is 5.69 Å². The lowest BCUT2D eigenvalue weighted by Crippen LogP contribution is -2.07. The number of aryl methyl sites for hydroxylation is 1. The molecule has 0 spiro atoms. The van der Waals surface area contributed by atoms with Crippen LogP contribution in [-0.2, 0) is 6.18 Å². The first-order chi connectivity index (χ1) is 8.41. The van der Waals surface area contributed by atoms with Crippen molar-refractivity contribution in [3.05, 3.63) is 35.8 Å². The Bertz CT molecular complexity index is 561. The van der Waals surface area contributed by atoms with Gasteiger partial charge in [-0.1, -0.05) is 12.1 Å². The van der Waals surface area contributed by atoms with Gasteiger partial charge in [-0.15, -0.1) is 0 Å². The summed E-state index contributed by atoms with van der Waals surface area (Å²) in [4.78, 5) is 5.83. The number of imidazole rings is 1. The largest absolute Gasteiger partial charge is 0.497 e. The molecule has 6 heteroatoms. The van der Waals surface area contributed by atoms with Gasteiger partial charge in [0.25, 0.3) is 0 Å². The zero-order valence-corrected chi connectivity index (χ0v) is 9.80. The van der Waals surface area contributed by atoms with Crippen molar-refractivity contribution in [2.75, 3.05) is 7.11 Å². The van der Waals surface area contributed by atoms with Gasteiger partial charge in [0.15, 0.2) is 0 Å². The van der Waals surface area contributed by atoms with E-state index >= 15 is 0 Å². The highest BCUT2D eigenvalue weighted by Crippen LogP contribution is 2.31. The van der Waals surface area contributed by atoms with Gasteiger partial charge in [-0.2, -0.15) is 13.2 Å². The molecular weight excluding hydrogens is 245 g/mol. The van der Waals surface area contributed by atoms with Gasteiger partial charge < -0.3 is 9.72 Å². The Morgan fingerprint density at radius 3 is 2.56 bits per heavy atom. The summed E-state index contributed by atoms with van der Waals surface area (Å²) in [5.41, 5.74) is 1.23. The minimum atomic E-state index is -4.47. The molecule has 2 rings (SSSR count). The molecule has 0 saturated carbocycles. The maximum atomic E-state index is 12.5. The number of methoxy groups -OCH3 is 1. The van der Waals surface area contributed by atoms with E-state index in [2.05, 4.69) is 9.97 Å². The van der Waals surface area contributed by atoms with E-state index in [1.807, 2.05) is 0 Å². The predicted molar refractivity (Wildman–Crippen MR) is 60.3 cm³/mol. The van der Waals surface area contributed by atoms with Crippen LogP contribution in [-0.4, -0.2) is 17.1 Å². The SMILES string of the molecule is COc1cccc(-c2nc(C(F)(F)F)[nH]c2C)c1. The number of ether oxygens (including phenoxy) is 1. The first-order valence-electron chi connectivity index (χ1n) is 5.20. The third-order valence-electron chi connectivity index (χ3n) is 2.50. The van der Waals surface area contributed by atoms with Gasteiger partial charge >= 0.3 is 6.18 Å². The molecule has 1 aromatic heterocycles. The monoisotopic (exact) mass is 256 g/mol. The summed E-state index contributed by atoms with van der Waals surface area (Å²) < 4.78 is 42.6. The molecule has 0 radical (unpaired) electrons. The van der Waals surface area contributed by atoms with Gasteiger partial charge in [0.2, 0.25) is 5.82 Å². The second-order valence-electron chi connectivity index (χ2n) is 3.79. The number of hydrogen-bond donors (Lipinski definition) is 1. The fourth-order valence-electron chi connectivity index (χ4n) is 1.65. The number of aromatic nitrogens is 2. The number of alkyl halides is 3. The van der Waals surface area contributed by atoms with Crippen LogP contribution >= 0.6 is 0 Å². The average Bonchev–Trinajstić information content (AvgIpc) is 2.71.